The second-order valence-electron chi connectivity index (χ2n) is 6.23. The summed E-state index contributed by atoms with van der Waals surface area (Å²) >= 11 is 5.81. The van der Waals surface area contributed by atoms with Crippen LogP contribution in [0.4, 0.5) is 0 Å². The normalized spacial score (nSPS) is 13.2. The smallest absolute Gasteiger partial charge is 0.119 e. The van der Waals surface area contributed by atoms with Crippen LogP contribution in [-0.4, -0.2) is 30.9 Å². The minimum Gasteiger partial charge on any atom is -0.491 e. The van der Waals surface area contributed by atoms with Crippen LogP contribution in [0.5, 0.6) is 5.75 Å². The predicted molar refractivity (Wildman–Crippen MR) is 89.0 cm³/mol. The highest BCUT2D eigenvalue weighted by molar-refractivity contribution is 6.30. The second-order valence-corrected chi connectivity index (χ2v) is 6.67. The highest BCUT2D eigenvalue weighted by Gasteiger charge is 2.17. The van der Waals surface area contributed by atoms with Crippen molar-refractivity contribution in [2.24, 2.45) is 17.8 Å². The molecular weight excluding hydrogens is 286 g/mol. The maximum Gasteiger partial charge on any atom is 0.119 e. The van der Waals surface area contributed by atoms with Gasteiger partial charge in [-0.1, -0.05) is 39.3 Å². The molecule has 1 aromatic carbocycles. The van der Waals surface area contributed by atoms with Crippen LogP contribution >= 0.6 is 11.6 Å². The van der Waals surface area contributed by atoms with E-state index in [1.807, 2.05) is 0 Å². The number of rotatable bonds is 9. The number of nitrogens with one attached hydrogen (secondary N) is 1. The SMILES string of the molecule is CC(C)C(CNCC(O)COc1ccc(Cl)cc1)C(C)C. The Kier molecular flexibility index (Phi) is 8.09. The molecule has 0 aliphatic heterocycles. The molecule has 0 saturated carbocycles. The molecule has 4 heteroatoms. The van der Waals surface area contributed by atoms with E-state index in [2.05, 4.69) is 33.0 Å². The average molecular weight is 314 g/mol. The third kappa shape index (κ3) is 7.16. The van der Waals surface area contributed by atoms with Crippen molar-refractivity contribution in [2.45, 2.75) is 33.8 Å². The molecule has 0 aromatic heterocycles. The van der Waals surface area contributed by atoms with Crippen LogP contribution < -0.4 is 10.1 Å². The first-order chi connectivity index (χ1) is 9.90. The molecular formula is C17H28ClNO2. The molecule has 2 N–H and O–H groups in total. The average Bonchev–Trinajstić information content (AvgIpc) is 2.42. The number of halogens is 1. The van der Waals surface area contributed by atoms with Crippen molar-refractivity contribution in [1.82, 2.24) is 5.32 Å². The van der Waals surface area contributed by atoms with E-state index >= 15 is 0 Å². The molecule has 0 fully saturated rings. The highest BCUT2D eigenvalue weighted by Crippen LogP contribution is 2.19. The van der Waals surface area contributed by atoms with Gasteiger partial charge in [0.2, 0.25) is 0 Å². The van der Waals surface area contributed by atoms with E-state index in [-0.39, 0.29) is 6.61 Å². The van der Waals surface area contributed by atoms with Crippen molar-refractivity contribution in [1.29, 1.82) is 0 Å². The molecule has 0 aliphatic rings. The number of ether oxygens (including phenoxy) is 1. The maximum atomic E-state index is 9.94. The van der Waals surface area contributed by atoms with Crippen LogP contribution in [0.1, 0.15) is 27.7 Å². The summed E-state index contributed by atoms with van der Waals surface area (Å²) in [6, 6.07) is 7.15. The van der Waals surface area contributed by atoms with Gasteiger partial charge in [-0.2, -0.15) is 0 Å². The van der Waals surface area contributed by atoms with Gasteiger partial charge < -0.3 is 15.2 Å². The van der Waals surface area contributed by atoms with Gasteiger partial charge in [0.25, 0.3) is 0 Å². The molecule has 1 rings (SSSR count). The molecule has 0 bridgehead atoms. The van der Waals surface area contributed by atoms with Gasteiger partial charge in [-0.3, -0.25) is 0 Å². The van der Waals surface area contributed by atoms with Crippen LogP contribution in [0.15, 0.2) is 24.3 Å². The first kappa shape index (κ1) is 18.3. The number of aliphatic hydroxyl groups is 1. The largest absolute Gasteiger partial charge is 0.491 e. The first-order valence-electron chi connectivity index (χ1n) is 7.67. The zero-order valence-electron chi connectivity index (χ0n) is 13.5. The summed E-state index contributed by atoms with van der Waals surface area (Å²) in [5.41, 5.74) is 0. The van der Waals surface area contributed by atoms with Crippen molar-refractivity contribution in [3.8, 4) is 5.75 Å². The lowest BCUT2D eigenvalue weighted by molar-refractivity contribution is 0.103. The minimum atomic E-state index is -0.513. The highest BCUT2D eigenvalue weighted by atomic mass is 35.5. The summed E-state index contributed by atoms with van der Waals surface area (Å²) in [5.74, 6) is 2.62. The van der Waals surface area contributed by atoms with Crippen LogP contribution in [-0.2, 0) is 0 Å². The number of benzene rings is 1. The Morgan fingerprint density at radius 3 is 2.14 bits per heavy atom. The summed E-state index contributed by atoms with van der Waals surface area (Å²) in [6.07, 6.45) is -0.513. The summed E-state index contributed by atoms with van der Waals surface area (Å²) in [4.78, 5) is 0. The monoisotopic (exact) mass is 313 g/mol. The molecule has 120 valence electrons. The topological polar surface area (TPSA) is 41.5 Å². The van der Waals surface area contributed by atoms with Gasteiger partial charge in [0.15, 0.2) is 0 Å². The summed E-state index contributed by atoms with van der Waals surface area (Å²) in [5, 5.41) is 14.0. The van der Waals surface area contributed by atoms with Crippen LogP contribution in [0, 0.1) is 17.8 Å². The van der Waals surface area contributed by atoms with Crippen LogP contribution in [0.3, 0.4) is 0 Å². The zero-order chi connectivity index (χ0) is 15.8. The van der Waals surface area contributed by atoms with Gasteiger partial charge in [0.05, 0.1) is 0 Å². The predicted octanol–water partition coefficient (Wildman–Crippen LogP) is 3.60. The van der Waals surface area contributed by atoms with E-state index in [0.29, 0.717) is 29.3 Å². The lowest BCUT2D eigenvalue weighted by Crippen LogP contribution is -2.36. The Labute approximate surface area is 133 Å². The van der Waals surface area contributed by atoms with E-state index in [1.54, 1.807) is 24.3 Å². The lowest BCUT2D eigenvalue weighted by atomic mass is 9.85. The first-order valence-corrected chi connectivity index (χ1v) is 8.05. The third-order valence-electron chi connectivity index (χ3n) is 3.73. The van der Waals surface area contributed by atoms with E-state index in [9.17, 15) is 5.11 Å². The summed E-state index contributed by atoms with van der Waals surface area (Å²) < 4.78 is 5.53. The van der Waals surface area contributed by atoms with Gasteiger partial charge in [-0.25, -0.2) is 0 Å². The lowest BCUT2D eigenvalue weighted by Gasteiger charge is -2.25. The fraction of sp³-hybridized carbons (Fsp3) is 0.647. The molecule has 0 amide bonds. The molecule has 1 unspecified atom stereocenters. The van der Waals surface area contributed by atoms with E-state index < -0.39 is 6.10 Å². The van der Waals surface area contributed by atoms with Crippen molar-refractivity contribution >= 4 is 11.6 Å². The molecule has 21 heavy (non-hydrogen) atoms. The van der Waals surface area contributed by atoms with E-state index in [1.165, 1.54) is 0 Å². The third-order valence-corrected chi connectivity index (χ3v) is 3.98. The molecule has 0 heterocycles. The maximum absolute atomic E-state index is 9.94. The minimum absolute atomic E-state index is 0.280. The Hall–Kier alpha value is -0.770. The van der Waals surface area contributed by atoms with Crippen LogP contribution in [0.25, 0.3) is 0 Å². The van der Waals surface area contributed by atoms with Crippen LogP contribution in [0.2, 0.25) is 5.02 Å². The molecule has 3 nitrogen and oxygen atoms in total. The van der Waals surface area contributed by atoms with Gasteiger partial charge in [0.1, 0.15) is 18.5 Å². The van der Waals surface area contributed by atoms with Crippen molar-refractivity contribution in [2.75, 3.05) is 19.7 Å². The summed E-state index contributed by atoms with van der Waals surface area (Å²) in [6.45, 7) is 10.7. The molecule has 0 aliphatic carbocycles. The van der Waals surface area contributed by atoms with Crippen molar-refractivity contribution < 1.29 is 9.84 Å². The summed E-state index contributed by atoms with van der Waals surface area (Å²) in [7, 11) is 0. The Balaban J connectivity index is 2.24. The van der Waals surface area contributed by atoms with Crippen molar-refractivity contribution in [3.63, 3.8) is 0 Å². The van der Waals surface area contributed by atoms with Gasteiger partial charge in [-0.05, 0) is 48.6 Å². The van der Waals surface area contributed by atoms with Gasteiger partial charge in [-0.15, -0.1) is 0 Å². The number of hydrogen-bond acceptors (Lipinski definition) is 3. The Morgan fingerprint density at radius 1 is 1.05 bits per heavy atom. The quantitative estimate of drug-likeness (QED) is 0.732. The molecule has 0 saturated heterocycles. The number of aliphatic hydroxyl groups excluding tert-OH is 1. The molecule has 0 spiro atoms. The van der Waals surface area contributed by atoms with E-state index in [0.717, 1.165) is 12.3 Å². The molecule has 1 atom stereocenters. The van der Waals surface area contributed by atoms with Crippen molar-refractivity contribution in [3.05, 3.63) is 29.3 Å². The van der Waals surface area contributed by atoms with Gasteiger partial charge in [0, 0.05) is 11.6 Å². The Morgan fingerprint density at radius 2 is 1.62 bits per heavy atom. The van der Waals surface area contributed by atoms with E-state index in [4.69, 9.17) is 16.3 Å². The number of hydrogen-bond donors (Lipinski definition) is 2. The molecule has 0 radical (unpaired) electrons. The Bertz CT molecular complexity index is 384. The second kappa shape index (κ2) is 9.29. The zero-order valence-corrected chi connectivity index (χ0v) is 14.2. The fourth-order valence-electron chi connectivity index (χ4n) is 2.44. The standard InChI is InChI=1S/C17H28ClNO2/c1-12(2)17(13(3)4)10-19-9-15(20)11-21-16-7-5-14(18)6-8-16/h5-8,12-13,15,17,19-20H,9-11H2,1-4H3. The van der Waals surface area contributed by atoms with Gasteiger partial charge >= 0.3 is 0 Å². The fourth-order valence-corrected chi connectivity index (χ4v) is 2.57. The molecule has 1 aromatic rings.